The standard InChI is InChI=1S/C40H35N3O6/c1-40-32(37(46)43(39(40)48)25-11-7-4-8-12-25)22-31-28(35(40)29-18-17-27(44)21-33(29)49-2)19-20-30-34(31)38(47)42(36(30)45)26-15-13-24(14-16-26)41-23-9-5-3-6-10-23/h3-19,21,30-32,34-35,41,44H,20,22H2,1-2H3/t30-,31+,32-,34-,35+,40+/m0/s1. The summed E-state index contributed by atoms with van der Waals surface area (Å²) in [5.74, 6) is -3.97. The van der Waals surface area contributed by atoms with E-state index in [9.17, 15) is 24.3 Å². The Morgan fingerprint density at radius 1 is 0.755 bits per heavy atom. The minimum atomic E-state index is -1.21. The number of nitrogens with one attached hydrogen (secondary N) is 1. The summed E-state index contributed by atoms with van der Waals surface area (Å²) in [4.78, 5) is 59.9. The molecule has 4 aromatic carbocycles. The number of imide groups is 2. The number of amides is 4. The highest BCUT2D eigenvalue weighted by molar-refractivity contribution is 6.25. The van der Waals surface area contributed by atoms with Crippen LogP contribution in [0.4, 0.5) is 22.7 Å². The van der Waals surface area contributed by atoms with Crippen LogP contribution in [0.3, 0.4) is 0 Å². The molecule has 2 aliphatic heterocycles. The van der Waals surface area contributed by atoms with Gasteiger partial charge in [0.2, 0.25) is 23.6 Å². The minimum Gasteiger partial charge on any atom is -0.508 e. The number of phenols is 1. The zero-order valence-electron chi connectivity index (χ0n) is 27.1. The van der Waals surface area contributed by atoms with E-state index in [4.69, 9.17) is 4.74 Å². The van der Waals surface area contributed by atoms with Crippen molar-refractivity contribution in [3.63, 3.8) is 0 Å². The van der Waals surface area contributed by atoms with Gasteiger partial charge in [0, 0.05) is 28.9 Å². The van der Waals surface area contributed by atoms with E-state index in [-0.39, 0.29) is 35.8 Å². The number of fused-ring (bicyclic) bond motifs is 4. The number of para-hydroxylation sites is 2. The number of methoxy groups -OCH3 is 1. The largest absolute Gasteiger partial charge is 0.508 e. The third kappa shape index (κ3) is 4.59. The fraction of sp³-hybridized carbons (Fsp3) is 0.250. The number of nitrogens with zero attached hydrogens (tertiary/aromatic N) is 2. The second-order valence-corrected chi connectivity index (χ2v) is 13.5. The van der Waals surface area contributed by atoms with Crippen LogP contribution in [-0.4, -0.2) is 35.8 Å². The molecule has 0 unspecified atom stereocenters. The number of anilines is 4. The Balaban J connectivity index is 1.19. The highest BCUT2D eigenvalue weighted by Crippen LogP contribution is 2.64. The second kappa shape index (κ2) is 11.5. The first-order valence-electron chi connectivity index (χ1n) is 16.5. The van der Waals surface area contributed by atoms with Crippen molar-refractivity contribution >= 4 is 46.4 Å². The van der Waals surface area contributed by atoms with Crippen molar-refractivity contribution in [1.82, 2.24) is 0 Å². The molecule has 1 saturated carbocycles. The number of aromatic hydroxyl groups is 1. The summed E-state index contributed by atoms with van der Waals surface area (Å²) in [5.41, 5.74) is 3.01. The van der Waals surface area contributed by atoms with Crippen LogP contribution in [-0.2, 0) is 19.2 Å². The van der Waals surface area contributed by atoms with Crippen molar-refractivity contribution < 1.29 is 29.0 Å². The van der Waals surface area contributed by atoms with E-state index in [1.807, 2.05) is 61.5 Å². The Kier molecular flexibility index (Phi) is 7.17. The average molecular weight is 654 g/mol. The van der Waals surface area contributed by atoms with Gasteiger partial charge >= 0.3 is 0 Å². The topological polar surface area (TPSA) is 116 Å². The lowest BCUT2D eigenvalue weighted by Gasteiger charge is -2.49. The minimum absolute atomic E-state index is 0.00397. The molecule has 6 atom stereocenters. The number of ether oxygens (including phenoxy) is 1. The number of rotatable bonds is 6. The number of benzene rings is 4. The van der Waals surface area contributed by atoms with E-state index in [0.717, 1.165) is 16.9 Å². The molecule has 2 saturated heterocycles. The van der Waals surface area contributed by atoms with Crippen molar-refractivity contribution in [1.29, 1.82) is 0 Å². The van der Waals surface area contributed by atoms with Crippen LogP contribution in [0.15, 0.2) is 115 Å². The van der Waals surface area contributed by atoms with E-state index in [0.29, 0.717) is 29.1 Å². The SMILES string of the molecule is COc1cc(O)ccc1[C@H]1C2=CC[C@@H]3C(=O)N(c4ccc(Nc5ccccc5)cc4)C(=O)[C@@H]3[C@@H]2C[C@H]2C(=O)N(c3ccccc3)C(=O)[C@@]12C. The number of hydrogen-bond donors (Lipinski definition) is 2. The fourth-order valence-corrected chi connectivity index (χ4v) is 8.76. The maximum Gasteiger partial charge on any atom is 0.241 e. The van der Waals surface area contributed by atoms with Gasteiger partial charge in [-0.2, -0.15) is 0 Å². The van der Waals surface area contributed by atoms with Crippen LogP contribution in [0.25, 0.3) is 0 Å². The second-order valence-electron chi connectivity index (χ2n) is 13.5. The fourth-order valence-electron chi connectivity index (χ4n) is 8.76. The van der Waals surface area contributed by atoms with E-state index in [2.05, 4.69) is 5.32 Å². The van der Waals surface area contributed by atoms with Gasteiger partial charge < -0.3 is 15.2 Å². The van der Waals surface area contributed by atoms with Crippen LogP contribution in [0, 0.1) is 29.1 Å². The Hall–Kier alpha value is -5.70. The molecule has 0 spiro atoms. The summed E-state index contributed by atoms with van der Waals surface area (Å²) in [6.45, 7) is 1.83. The molecule has 2 N–H and O–H groups in total. The van der Waals surface area contributed by atoms with Gasteiger partial charge in [-0.05, 0) is 80.3 Å². The lowest BCUT2D eigenvalue weighted by molar-refractivity contribution is -0.131. The molecule has 9 nitrogen and oxygen atoms in total. The van der Waals surface area contributed by atoms with Gasteiger partial charge in [0.25, 0.3) is 0 Å². The highest BCUT2D eigenvalue weighted by atomic mass is 16.5. The summed E-state index contributed by atoms with van der Waals surface area (Å²) in [6.07, 6.45) is 2.59. The maximum atomic E-state index is 14.6. The molecule has 4 aromatic rings. The molecule has 4 amide bonds. The normalized spacial score (nSPS) is 27.4. The van der Waals surface area contributed by atoms with E-state index in [1.54, 1.807) is 48.5 Å². The van der Waals surface area contributed by atoms with Gasteiger partial charge in [0.1, 0.15) is 11.5 Å². The number of allylic oxidation sites excluding steroid dienone is 2. The Bertz CT molecular complexity index is 2030. The summed E-state index contributed by atoms with van der Waals surface area (Å²) in [7, 11) is 1.50. The van der Waals surface area contributed by atoms with E-state index >= 15 is 0 Å². The van der Waals surface area contributed by atoms with E-state index in [1.165, 1.54) is 23.0 Å². The maximum absolute atomic E-state index is 14.6. The zero-order chi connectivity index (χ0) is 34.0. The smallest absolute Gasteiger partial charge is 0.241 e. The lowest BCUT2D eigenvalue weighted by atomic mass is 9.51. The van der Waals surface area contributed by atoms with Crippen LogP contribution >= 0.6 is 0 Å². The van der Waals surface area contributed by atoms with Crippen molar-refractivity contribution in [2.75, 3.05) is 22.2 Å². The molecule has 49 heavy (non-hydrogen) atoms. The molecule has 2 heterocycles. The molecule has 3 fully saturated rings. The number of phenolic OH excluding ortho intramolecular Hbond substituents is 1. The molecular weight excluding hydrogens is 618 g/mol. The third-order valence-electron chi connectivity index (χ3n) is 11.0. The van der Waals surface area contributed by atoms with Gasteiger partial charge in [-0.25, -0.2) is 4.90 Å². The number of carbonyl (C=O) groups is 4. The molecule has 9 heteroatoms. The number of carbonyl (C=O) groups excluding carboxylic acids is 4. The zero-order valence-corrected chi connectivity index (χ0v) is 27.1. The first kappa shape index (κ1) is 30.6. The summed E-state index contributed by atoms with van der Waals surface area (Å²) in [5, 5.41) is 13.7. The predicted octanol–water partition coefficient (Wildman–Crippen LogP) is 6.58. The third-order valence-corrected chi connectivity index (χ3v) is 11.0. The molecular formula is C40H35N3O6. The first-order valence-corrected chi connectivity index (χ1v) is 16.5. The van der Waals surface area contributed by atoms with Crippen LogP contribution < -0.4 is 19.9 Å². The predicted molar refractivity (Wildman–Crippen MR) is 184 cm³/mol. The molecule has 8 rings (SSSR count). The first-order chi connectivity index (χ1) is 23.7. The summed E-state index contributed by atoms with van der Waals surface area (Å²) >= 11 is 0. The van der Waals surface area contributed by atoms with Crippen molar-refractivity contribution in [3.05, 3.63) is 120 Å². The van der Waals surface area contributed by atoms with Crippen LogP contribution in [0.5, 0.6) is 11.5 Å². The highest BCUT2D eigenvalue weighted by Gasteiger charge is 2.68. The molecule has 2 aliphatic carbocycles. The molecule has 0 radical (unpaired) electrons. The number of hydrogen-bond acceptors (Lipinski definition) is 7. The van der Waals surface area contributed by atoms with E-state index < -0.39 is 35.0 Å². The monoisotopic (exact) mass is 653 g/mol. The molecule has 4 aliphatic rings. The van der Waals surface area contributed by atoms with Gasteiger partial charge in [-0.15, -0.1) is 0 Å². The van der Waals surface area contributed by atoms with Crippen LogP contribution in [0.1, 0.15) is 31.2 Å². The van der Waals surface area contributed by atoms with Gasteiger partial charge in [-0.1, -0.05) is 54.1 Å². The van der Waals surface area contributed by atoms with Gasteiger partial charge in [0.15, 0.2) is 0 Å². The average Bonchev–Trinajstić information content (AvgIpc) is 3.49. The van der Waals surface area contributed by atoms with Crippen molar-refractivity contribution in [3.8, 4) is 11.5 Å². The Morgan fingerprint density at radius 3 is 2.10 bits per heavy atom. The molecule has 0 aromatic heterocycles. The molecule has 246 valence electrons. The van der Waals surface area contributed by atoms with Gasteiger partial charge in [0.05, 0.1) is 41.7 Å². The summed E-state index contributed by atoms with van der Waals surface area (Å²) in [6, 6.07) is 30.6. The quantitative estimate of drug-likeness (QED) is 0.178. The summed E-state index contributed by atoms with van der Waals surface area (Å²) < 4.78 is 5.74. The van der Waals surface area contributed by atoms with Gasteiger partial charge in [-0.3, -0.25) is 24.1 Å². The molecule has 0 bridgehead atoms. The Morgan fingerprint density at radius 2 is 1.41 bits per heavy atom. The Labute approximate surface area is 283 Å². The van der Waals surface area contributed by atoms with Crippen molar-refractivity contribution in [2.24, 2.45) is 29.1 Å². The van der Waals surface area contributed by atoms with Crippen LogP contribution in [0.2, 0.25) is 0 Å². The lowest BCUT2D eigenvalue weighted by Crippen LogP contribution is -2.49. The van der Waals surface area contributed by atoms with Crippen molar-refractivity contribution in [2.45, 2.75) is 25.7 Å².